The van der Waals surface area contributed by atoms with E-state index in [4.69, 9.17) is 0 Å². The van der Waals surface area contributed by atoms with E-state index in [1.807, 2.05) is 42.6 Å². The molecule has 28 heavy (non-hydrogen) atoms. The summed E-state index contributed by atoms with van der Waals surface area (Å²) in [6.07, 6.45) is 0.582. The summed E-state index contributed by atoms with van der Waals surface area (Å²) in [6.45, 7) is 1.96. The number of anilines is 1. The van der Waals surface area contributed by atoms with Crippen LogP contribution in [0.25, 0.3) is 22.2 Å². The number of carbonyl (C=O) groups excluding carboxylic acids is 1. The molecule has 0 spiro atoms. The molecular weight excluding hydrogens is 372 g/mol. The van der Waals surface area contributed by atoms with Crippen LogP contribution in [0.2, 0.25) is 0 Å². The zero-order valence-electron chi connectivity index (χ0n) is 15.2. The highest BCUT2D eigenvalue weighted by Crippen LogP contribution is 2.24. The first-order valence-electron chi connectivity index (χ1n) is 8.89. The van der Waals surface area contributed by atoms with Crippen molar-refractivity contribution in [1.82, 2.24) is 15.0 Å². The molecule has 0 aliphatic heterocycles. The minimum absolute atomic E-state index is 0.137. The zero-order chi connectivity index (χ0) is 19.5. The Morgan fingerprint density at radius 2 is 2.00 bits per heavy atom. The number of aromatic amines is 1. The molecule has 2 N–H and O–H groups in total. The van der Waals surface area contributed by atoms with Crippen molar-refractivity contribution in [3.63, 3.8) is 0 Å². The normalized spacial score (nSPS) is 10.9. The number of aromatic nitrogens is 3. The van der Waals surface area contributed by atoms with Gasteiger partial charge in [-0.15, -0.1) is 11.3 Å². The summed E-state index contributed by atoms with van der Waals surface area (Å²) in [7, 11) is 0. The maximum atomic E-state index is 12.3. The van der Waals surface area contributed by atoms with Crippen LogP contribution in [-0.4, -0.2) is 20.9 Å². The smallest absolute Gasteiger partial charge is 0.258 e. The van der Waals surface area contributed by atoms with Crippen molar-refractivity contribution < 1.29 is 4.79 Å². The van der Waals surface area contributed by atoms with Crippen LogP contribution in [-0.2, 0) is 11.2 Å². The van der Waals surface area contributed by atoms with Gasteiger partial charge in [-0.1, -0.05) is 24.3 Å². The number of benzene rings is 2. The Bertz CT molecular complexity index is 1210. The molecule has 0 saturated heterocycles. The minimum Gasteiger partial charge on any atom is -0.326 e. The van der Waals surface area contributed by atoms with E-state index in [1.165, 1.54) is 0 Å². The Kier molecular flexibility index (Phi) is 4.99. The lowest BCUT2D eigenvalue weighted by molar-refractivity contribution is -0.116. The lowest BCUT2D eigenvalue weighted by Gasteiger charge is -2.07. The van der Waals surface area contributed by atoms with Crippen molar-refractivity contribution in [3.8, 4) is 11.3 Å². The van der Waals surface area contributed by atoms with Crippen molar-refractivity contribution >= 4 is 33.8 Å². The molecule has 2 heterocycles. The summed E-state index contributed by atoms with van der Waals surface area (Å²) in [6, 6.07) is 14.8. The number of hydrogen-bond acceptors (Lipinski definition) is 5. The molecule has 0 aliphatic carbocycles. The van der Waals surface area contributed by atoms with Gasteiger partial charge < -0.3 is 10.3 Å². The van der Waals surface area contributed by atoms with Crippen molar-refractivity contribution in [1.29, 1.82) is 0 Å². The molecule has 4 rings (SSSR count). The maximum Gasteiger partial charge on any atom is 0.258 e. The molecule has 1 amide bonds. The lowest BCUT2D eigenvalue weighted by Crippen LogP contribution is -2.16. The Morgan fingerprint density at radius 1 is 1.14 bits per heavy atom. The second-order valence-corrected chi connectivity index (χ2v) is 7.47. The van der Waals surface area contributed by atoms with Crippen molar-refractivity contribution in [2.24, 2.45) is 0 Å². The van der Waals surface area contributed by atoms with E-state index in [2.05, 4.69) is 20.3 Å². The van der Waals surface area contributed by atoms with Gasteiger partial charge in [0.05, 0.1) is 21.6 Å². The predicted molar refractivity (Wildman–Crippen MR) is 112 cm³/mol. The van der Waals surface area contributed by atoms with E-state index in [1.54, 1.807) is 29.5 Å². The van der Waals surface area contributed by atoms with E-state index in [0.717, 1.165) is 16.3 Å². The van der Waals surface area contributed by atoms with Crippen LogP contribution < -0.4 is 10.9 Å². The molecule has 2 aromatic carbocycles. The van der Waals surface area contributed by atoms with Gasteiger partial charge in [0, 0.05) is 29.5 Å². The van der Waals surface area contributed by atoms with E-state index < -0.39 is 0 Å². The molecule has 0 radical (unpaired) electrons. The molecule has 7 heteroatoms. The first-order chi connectivity index (χ1) is 13.6. The maximum absolute atomic E-state index is 12.3. The SMILES string of the molecule is Cc1nc(-c2cccc(NC(=O)CCc3nc4ccccc4c(=O)[nH]3)c2)cs1. The number of H-pyrrole nitrogens is 1. The van der Waals surface area contributed by atoms with Crippen LogP contribution in [0.4, 0.5) is 5.69 Å². The van der Waals surface area contributed by atoms with Crippen LogP contribution >= 0.6 is 11.3 Å². The summed E-state index contributed by atoms with van der Waals surface area (Å²) >= 11 is 1.59. The Hall–Kier alpha value is -3.32. The highest BCUT2D eigenvalue weighted by Gasteiger charge is 2.08. The first-order valence-corrected chi connectivity index (χ1v) is 9.77. The number of hydrogen-bond donors (Lipinski definition) is 2. The molecule has 6 nitrogen and oxygen atoms in total. The average Bonchev–Trinajstić information content (AvgIpc) is 3.13. The van der Waals surface area contributed by atoms with E-state index in [0.29, 0.717) is 28.8 Å². The molecule has 4 aromatic rings. The number of fused-ring (bicyclic) bond motifs is 1. The molecule has 140 valence electrons. The molecule has 0 aliphatic rings. The van der Waals surface area contributed by atoms with Crippen molar-refractivity contribution in [3.05, 3.63) is 75.1 Å². The molecule has 0 saturated carbocycles. The zero-order valence-corrected chi connectivity index (χ0v) is 16.0. The van der Waals surface area contributed by atoms with Crippen LogP contribution in [0.15, 0.2) is 58.7 Å². The topological polar surface area (TPSA) is 87.7 Å². The van der Waals surface area contributed by atoms with Crippen molar-refractivity contribution in [2.75, 3.05) is 5.32 Å². The largest absolute Gasteiger partial charge is 0.326 e. The number of aryl methyl sites for hydroxylation is 2. The van der Waals surface area contributed by atoms with Crippen LogP contribution in [0.5, 0.6) is 0 Å². The number of rotatable bonds is 5. The standard InChI is InChI=1S/C21H18N4O2S/c1-13-22-18(12-28-13)14-5-4-6-15(11-14)23-20(26)10-9-19-24-17-8-3-2-7-16(17)21(27)25-19/h2-8,11-12H,9-10H2,1H3,(H,23,26)(H,24,25,27). The number of para-hydroxylation sites is 1. The summed E-state index contributed by atoms with van der Waals surface area (Å²) in [4.78, 5) is 36.1. The molecule has 0 fully saturated rings. The van der Waals surface area contributed by atoms with Gasteiger partial charge in [0.2, 0.25) is 5.91 Å². The summed E-state index contributed by atoms with van der Waals surface area (Å²) in [5.74, 6) is 0.368. The monoisotopic (exact) mass is 390 g/mol. The average molecular weight is 390 g/mol. The Labute approximate surface area is 165 Å². The van der Waals surface area contributed by atoms with E-state index in [9.17, 15) is 9.59 Å². The van der Waals surface area contributed by atoms with Crippen LogP contribution in [0.3, 0.4) is 0 Å². The number of carbonyl (C=O) groups is 1. The number of nitrogens with zero attached hydrogens (tertiary/aromatic N) is 2. The fourth-order valence-corrected chi connectivity index (χ4v) is 3.58. The van der Waals surface area contributed by atoms with Crippen molar-refractivity contribution in [2.45, 2.75) is 19.8 Å². The second-order valence-electron chi connectivity index (χ2n) is 6.41. The highest BCUT2D eigenvalue weighted by atomic mass is 32.1. The van der Waals surface area contributed by atoms with Gasteiger partial charge in [-0.2, -0.15) is 0 Å². The summed E-state index contributed by atoms with van der Waals surface area (Å²) in [5.41, 5.74) is 3.02. The van der Waals surface area contributed by atoms with Gasteiger partial charge in [0.15, 0.2) is 0 Å². The molecule has 0 bridgehead atoms. The molecule has 2 aromatic heterocycles. The third-order valence-electron chi connectivity index (χ3n) is 4.31. The molecular formula is C21H18N4O2S. The van der Waals surface area contributed by atoms with Crippen LogP contribution in [0, 0.1) is 6.92 Å². The molecule has 0 atom stereocenters. The lowest BCUT2D eigenvalue weighted by atomic mass is 10.1. The fourth-order valence-electron chi connectivity index (χ4n) is 2.96. The minimum atomic E-state index is -0.188. The number of amides is 1. The molecule has 0 unspecified atom stereocenters. The van der Waals surface area contributed by atoms with Gasteiger partial charge in [0.1, 0.15) is 5.82 Å². The quantitative estimate of drug-likeness (QED) is 0.540. The third kappa shape index (κ3) is 3.99. The fraction of sp³-hybridized carbons (Fsp3) is 0.143. The highest BCUT2D eigenvalue weighted by molar-refractivity contribution is 7.09. The summed E-state index contributed by atoms with van der Waals surface area (Å²) in [5, 5.41) is 6.44. The van der Waals surface area contributed by atoms with E-state index >= 15 is 0 Å². The van der Waals surface area contributed by atoms with Crippen LogP contribution in [0.1, 0.15) is 17.3 Å². The second kappa shape index (κ2) is 7.74. The van der Waals surface area contributed by atoms with Gasteiger partial charge >= 0.3 is 0 Å². The number of nitrogens with one attached hydrogen (secondary N) is 2. The van der Waals surface area contributed by atoms with Gasteiger partial charge in [-0.05, 0) is 31.2 Å². The van der Waals surface area contributed by atoms with Gasteiger partial charge in [-0.3, -0.25) is 9.59 Å². The Balaban J connectivity index is 1.43. The first kappa shape index (κ1) is 18.1. The van der Waals surface area contributed by atoms with Gasteiger partial charge in [-0.25, -0.2) is 9.97 Å². The number of thiazole rings is 1. The van der Waals surface area contributed by atoms with E-state index in [-0.39, 0.29) is 17.9 Å². The third-order valence-corrected chi connectivity index (χ3v) is 5.09. The summed E-state index contributed by atoms with van der Waals surface area (Å²) < 4.78 is 0. The Morgan fingerprint density at radius 3 is 2.82 bits per heavy atom. The predicted octanol–water partition coefficient (Wildman–Crippen LogP) is 3.93. The van der Waals surface area contributed by atoms with Gasteiger partial charge in [0.25, 0.3) is 5.56 Å².